The van der Waals surface area contributed by atoms with Gasteiger partial charge in [0.05, 0.1) is 7.85 Å². The van der Waals surface area contributed by atoms with E-state index in [0.29, 0.717) is 5.75 Å². The lowest BCUT2D eigenvalue weighted by Gasteiger charge is -2.21. The number of amides is 1. The zero-order valence-corrected chi connectivity index (χ0v) is 8.92. The minimum atomic E-state index is -0.932. The molecule has 1 N–H and O–H groups in total. The minimum Gasteiger partial charge on any atom is -0.326 e. The predicted octanol–water partition coefficient (Wildman–Crippen LogP) is 1.90. The molecule has 14 heavy (non-hydrogen) atoms. The molecule has 0 aliphatic heterocycles. The second-order valence-corrected chi connectivity index (χ2v) is 3.71. The van der Waals surface area contributed by atoms with Gasteiger partial charge in [0.15, 0.2) is 0 Å². The average Bonchev–Trinajstić information content (AvgIpc) is 2.19. The van der Waals surface area contributed by atoms with Crippen LogP contribution < -0.4 is 5.32 Å². The molecule has 0 saturated carbocycles. The molecule has 1 rings (SSSR count). The van der Waals surface area contributed by atoms with E-state index in [1.165, 1.54) is 0 Å². The highest BCUT2D eigenvalue weighted by molar-refractivity contribution is 7.80. The largest absolute Gasteiger partial charge is 0.326 e. The van der Waals surface area contributed by atoms with E-state index >= 15 is 0 Å². The van der Waals surface area contributed by atoms with Crippen molar-refractivity contribution in [3.63, 3.8) is 0 Å². The van der Waals surface area contributed by atoms with Crippen LogP contribution in [0.15, 0.2) is 30.3 Å². The molecule has 0 spiro atoms. The van der Waals surface area contributed by atoms with Gasteiger partial charge in [0, 0.05) is 11.0 Å². The number of thiol groups is 1. The number of carbonyl (C=O) groups excluding carboxylic acids is 1. The van der Waals surface area contributed by atoms with Crippen LogP contribution in [0, 0.1) is 0 Å². The third-order valence-electron chi connectivity index (χ3n) is 1.88. The Morgan fingerprint density at radius 1 is 1.50 bits per heavy atom. The summed E-state index contributed by atoms with van der Waals surface area (Å²) in [4.78, 5) is 11.6. The molecule has 2 nitrogen and oxygen atoms in total. The molecular weight excluding hydrogens is 193 g/mol. The van der Waals surface area contributed by atoms with E-state index in [9.17, 15) is 4.79 Å². The number of benzene rings is 1. The first kappa shape index (κ1) is 11.2. The van der Waals surface area contributed by atoms with E-state index in [-0.39, 0.29) is 5.91 Å². The van der Waals surface area contributed by atoms with Gasteiger partial charge in [-0.2, -0.15) is 12.6 Å². The van der Waals surface area contributed by atoms with E-state index in [2.05, 4.69) is 17.9 Å². The summed E-state index contributed by atoms with van der Waals surface area (Å²) in [5, 5.41) is 1.79. The number of hydrogen-bond acceptors (Lipinski definition) is 2. The zero-order valence-electron chi connectivity index (χ0n) is 8.03. The standard InChI is InChI=1S/C10H12BNOS/c1-10(11,7-14)9(13)12-8-5-3-2-4-6-8/h2-6,14H,7H2,1H3,(H,12,13)/t10-/m1/s1. The lowest BCUT2D eigenvalue weighted by molar-refractivity contribution is -0.118. The van der Waals surface area contributed by atoms with Gasteiger partial charge in [-0.3, -0.25) is 4.79 Å². The van der Waals surface area contributed by atoms with E-state index < -0.39 is 5.31 Å². The maximum Gasteiger partial charge on any atom is 0.222 e. The Kier molecular flexibility index (Phi) is 3.64. The first-order valence-electron chi connectivity index (χ1n) is 4.32. The number of nitrogens with one attached hydrogen (secondary N) is 1. The van der Waals surface area contributed by atoms with Gasteiger partial charge in [-0.15, -0.1) is 0 Å². The molecule has 0 saturated heterocycles. The van der Waals surface area contributed by atoms with E-state index in [0.717, 1.165) is 5.69 Å². The minimum absolute atomic E-state index is 0.223. The van der Waals surface area contributed by atoms with Crippen molar-refractivity contribution >= 4 is 32.1 Å². The fourth-order valence-electron chi connectivity index (χ4n) is 0.867. The number of anilines is 1. The Morgan fingerprint density at radius 3 is 2.57 bits per heavy atom. The quantitative estimate of drug-likeness (QED) is 0.572. The van der Waals surface area contributed by atoms with E-state index in [4.69, 9.17) is 7.85 Å². The number of carbonyl (C=O) groups is 1. The summed E-state index contributed by atoms with van der Waals surface area (Å²) in [5.74, 6) is 0.0878. The highest BCUT2D eigenvalue weighted by atomic mass is 32.1. The molecule has 0 heterocycles. The van der Waals surface area contributed by atoms with Gasteiger partial charge in [0.2, 0.25) is 5.91 Å². The van der Waals surface area contributed by atoms with Crippen molar-refractivity contribution in [1.82, 2.24) is 0 Å². The summed E-state index contributed by atoms with van der Waals surface area (Å²) >= 11 is 4.02. The van der Waals surface area contributed by atoms with Crippen LogP contribution in [0.4, 0.5) is 5.69 Å². The highest BCUT2D eigenvalue weighted by Crippen LogP contribution is 2.23. The molecule has 0 fully saturated rings. The van der Waals surface area contributed by atoms with Gasteiger partial charge in [-0.25, -0.2) is 0 Å². The Labute approximate surface area is 90.9 Å². The molecule has 0 unspecified atom stereocenters. The molecule has 2 radical (unpaired) electrons. The van der Waals surface area contributed by atoms with Gasteiger partial charge in [0.1, 0.15) is 0 Å². The van der Waals surface area contributed by atoms with Gasteiger partial charge < -0.3 is 5.32 Å². The Bertz CT molecular complexity index is 313. The van der Waals surface area contributed by atoms with Gasteiger partial charge >= 0.3 is 0 Å². The van der Waals surface area contributed by atoms with Gasteiger partial charge in [0.25, 0.3) is 0 Å². The summed E-state index contributed by atoms with van der Waals surface area (Å²) in [6.07, 6.45) is 0. The maximum absolute atomic E-state index is 11.6. The lowest BCUT2D eigenvalue weighted by atomic mass is 9.71. The van der Waals surface area contributed by atoms with E-state index in [1.807, 2.05) is 30.3 Å². The van der Waals surface area contributed by atoms with Crippen LogP contribution in [0.25, 0.3) is 0 Å². The number of hydrogen-bond donors (Lipinski definition) is 2. The third-order valence-corrected chi connectivity index (χ3v) is 2.54. The molecule has 0 bridgehead atoms. The van der Waals surface area contributed by atoms with E-state index in [1.54, 1.807) is 6.92 Å². The van der Waals surface area contributed by atoms with Crippen molar-refractivity contribution in [1.29, 1.82) is 0 Å². The predicted molar refractivity (Wildman–Crippen MR) is 63.0 cm³/mol. The first-order chi connectivity index (χ1) is 6.56. The topological polar surface area (TPSA) is 29.1 Å². The van der Waals surface area contributed by atoms with Gasteiger partial charge in [-0.05, 0) is 17.9 Å². The average molecular weight is 205 g/mol. The fourth-order valence-corrected chi connectivity index (χ4v) is 1.01. The van der Waals surface area contributed by atoms with Crippen molar-refractivity contribution in [3.8, 4) is 0 Å². The number of para-hydroxylation sites is 1. The van der Waals surface area contributed by atoms with Crippen molar-refractivity contribution < 1.29 is 4.79 Å². The Hall–Kier alpha value is -0.895. The second kappa shape index (κ2) is 4.55. The Balaban J connectivity index is 2.67. The molecule has 1 atom stereocenters. The van der Waals surface area contributed by atoms with Crippen molar-refractivity contribution in [2.75, 3.05) is 11.1 Å². The SMILES string of the molecule is [B][C@](C)(CS)C(=O)Nc1ccccc1. The smallest absolute Gasteiger partial charge is 0.222 e. The summed E-state index contributed by atoms with van der Waals surface area (Å²) in [6, 6.07) is 9.21. The molecular formula is C10H12BNOS. The Morgan fingerprint density at radius 2 is 2.07 bits per heavy atom. The van der Waals surface area contributed by atoms with Crippen molar-refractivity contribution in [3.05, 3.63) is 30.3 Å². The second-order valence-electron chi connectivity index (χ2n) is 3.40. The summed E-state index contributed by atoms with van der Waals surface area (Å²) < 4.78 is 0. The lowest BCUT2D eigenvalue weighted by Crippen LogP contribution is -2.29. The third kappa shape index (κ3) is 2.81. The summed E-state index contributed by atoms with van der Waals surface area (Å²) in [6.45, 7) is 1.65. The highest BCUT2D eigenvalue weighted by Gasteiger charge is 2.24. The molecule has 0 aromatic heterocycles. The maximum atomic E-state index is 11.6. The molecule has 72 valence electrons. The fraction of sp³-hybridized carbons (Fsp3) is 0.300. The summed E-state index contributed by atoms with van der Waals surface area (Å²) in [7, 11) is 5.72. The van der Waals surface area contributed by atoms with Crippen molar-refractivity contribution in [2.45, 2.75) is 12.2 Å². The normalized spacial score (nSPS) is 14.4. The van der Waals surface area contributed by atoms with Crippen LogP contribution in [0.5, 0.6) is 0 Å². The number of rotatable bonds is 3. The van der Waals surface area contributed by atoms with Crippen LogP contribution in [0.1, 0.15) is 6.92 Å². The molecule has 0 aliphatic rings. The molecule has 1 aromatic carbocycles. The molecule has 0 aliphatic carbocycles. The van der Waals surface area contributed by atoms with Crippen LogP contribution in [0.2, 0.25) is 5.31 Å². The van der Waals surface area contributed by atoms with Crippen LogP contribution in [-0.4, -0.2) is 19.5 Å². The van der Waals surface area contributed by atoms with Crippen LogP contribution >= 0.6 is 12.6 Å². The molecule has 1 amide bonds. The van der Waals surface area contributed by atoms with Crippen LogP contribution in [-0.2, 0) is 4.79 Å². The first-order valence-corrected chi connectivity index (χ1v) is 4.96. The van der Waals surface area contributed by atoms with Gasteiger partial charge in [-0.1, -0.05) is 25.1 Å². The van der Waals surface area contributed by atoms with Crippen molar-refractivity contribution in [2.24, 2.45) is 0 Å². The van der Waals surface area contributed by atoms with Crippen LogP contribution in [0.3, 0.4) is 0 Å². The zero-order chi connectivity index (χ0) is 10.6. The monoisotopic (exact) mass is 205 g/mol. The summed E-state index contributed by atoms with van der Waals surface area (Å²) in [5.41, 5.74) is 0.746. The molecule has 4 heteroatoms. The molecule has 1 aromatic rings.